The molecule has 0 radical (unpaired) electrons. The van der Waals surface area contributed by atoms with E-state index < -0.39 is 6.09 Å². The van der Waals surface area contributed by atoms with Crippen molar-refractivity contribution in [1.82, 2.24) is 15.0 Å². The quantitative estimate of drug-likeness (QED) is 0.231. The lowest BCUT2D eigenvalue weighted by Crippen LogP contribution is -2.41. The molecule has 0 fully saturated rings. The Morgan fingerprint density at radius 2 is 1.59 bits per heavy atom. The van der Waals surface area contributed by atoms with Gasteiger partial charge in [0.25, 0.3) is 5.91 Å². The lowest BCUT2D eigenvalue weighted by Gasteiger charge is -2.28. The fourth-order valence-corrected chi connectivity index (χ4v) is 4.54. The molecule has 0 spiro atoms. The lowest BCUT2D eigenvalue weighted by atomic mass is 10.0. The highest BCUT2D eigenvalue weighted by Gasteiger charge is 2.22. The van der Waals surface area contributed by atoms with E-state index in [1.807, 2.05) is 89.5 Å². The van der Waals surface area contributed by atoms with E-state index in [-0.39, 0.29) is 5.91 Å². The van der Waals surface area contributed by atoms with Crippen molar-refractivity contribution < 1.29 is 14.3 Å². The van der Waals surface area contributed by atoms with Gasteiger partial charge in [0, 0.05) is 42.8 Å². The summed E-state index contributed by atoms with van der Waals surface area (Å²) < 4.78 is 5.04. The van der Waals surface area contributed by atoms with Gasteiger partial charge in [-0.05, 0) is 63.1 Å². The molecule has 0 aliphatic heterocycles. The highest BCUT2D eigenvalue weighted by molar-refractivity contribution is 6.15. The summed E-state index contributed by atoms with van der Waals surface area (Å²) in [6, 6.07) is 17.5. The van der Waals surface area contributed by atoms with Crippen LogP contribution in [0.5, 0.6) is 0 Å². The molecule has 1 heterocycles. The standard InChI is InChI=1S/C29H33N5O3/c1-7-34(33(5)6)28(35)24-14-10-13-23-26(22-12-9-11-19(4)25(22)32-27(23)24)30-20-15-18(3)16-21(17-20)31-29(36)37-8-2/h9-17H,7-8H2,1-6H3,(H,30,32)(H,31,36). The van der Waals surface area contributed by atoms with E-state index >= 15 is 0 Å². The number of para-hydroxylation sites is 2. The van der Waals surface area contributed by atoms with E-state index in [1.54, 1.807) is 16.9 Å². The zero-order valence-corrected chi connectivity index (χ0v) is 22.2. The number of rotatable bonds is 7. The minimum absolute atomic E-state index is 0.110. The number of aryl methyl sites for hydroxylation is 2. The van der Waals surface area contributed by atoms with Crippen LogP contribution in [0.25, 0.3) is 21.8 Å². The van der Waals surface area contributed by atoms with Crippen LogP contribution in [0.1, 0.15) is 35.3 Å². The summed E-state index contributed by atoms with van der Waals surface area (Å²) in [6.45, 7) is 8.53. The van der Waals surface area contributed by atoms with Gasteiger partial charge in [-0.25, -0.2) is 14.8 Å². The average molecular weight is 500 g/mol. The molecule has 3 aromatic carbocycles. The Hall–Kier alpha value is -4.17. The van der Waals surface area contributed by atoms with Crippen molar-refractivity contribution in [2.45, 2.75) is 27.7 Å². The van der Waals surface area contributed by atoms with E-state index in [2.05, 4.69) is 10.6 Å². The number of nitrogens with one attached hydrogen (secondary N) is 2. The minimum atomic E-state index is -0.501. The van der Waals surface area contributed by atoms with Gasteiger partial charge < -0.3 is 10.1 Å². The Bertz CT molecular complexity index is 1480. The molecule has 0 unspecified atom stereocenters. The molecular weight excluding hydrogens is 466 g/mol. The summed E-state index contributed by atoms with van der Waals surface area (Å²) in [4.78, 5) is 30.5. The van der Waals surface area contributed by atoms with Crippen molar-refractivity contribution in [2.75, 3.05) is 37.9 Å². The average Bonchev–Trinajstić information content (AvgIpc) is 2.84. The van der Waals surface area contributed by atoms with Gasteiger partial charge in [-0.15, -0.1) is 0 Å². The van der Waals surface area contributed by atoms with Crippen molar-refractivity contribution in [3.05, 3.63) is 71.3 Å². The number of hydrogen-bond acceptors (Lipinski definition) is 6. The number of aromatic nitrogens is 1. The fraction of sp³-hybridized carbons (Fsp3) is 0.276. The number of pyridine rings is 1. The number of benzene rings is 3. The second kappa shape index (κ2) is 10.8. The molecule has 4 rings (SSSR count). The predicted molar refractivity (Wildman–Crippen MR) is 149 cm³/mol. The van der Waals surface area contributed by atoms with Crippen molar-refractivity contribution >= 4 is 50.9 Å². The van der Waals surface area contributed by atoms with Crippen LogP contribution in [-0.4, -0.2) is 54.2 Å². The molecule has 0 saturated carbocycles. The molecule has 0 aliphatic carbocycles. The summed E-state index contributed by atoms with van der Waals surface area (Å²) in [6.07, 6.45) is -0.501. The van der Waals surface area contributed by atoms with Crippen LogP contribution < -0.4 is 10.6 Å². The van der Waals surface area contributed by atoms with Gasteiger partial charge >= 0.3 is 6.09 Å². The van der Waals surface area contributed by atoms with Crippen molar-refractivity contribution in [3.8, 4) is 0 Å². The van der Waals surface area contributed by atoms with Gasteiger partial charge in [-0.2, -0.15) is 0 Å². The number of amides is 2. The summed E-state index contributed by atoms with van der Waals surface area (Å²) in [7, 11) is 3.71. The smallest absolute Gasteiger partial charge is 0.411 e. The van der Waals surface area contributed by atoms with Crippen LogP contribution in [0.4, 0.5) is 21.9 Å². The van der Waals surface area contributed by atoms with E-state index in [1.165, 1.54) is 0 Å². The molecule has 37 heavy (non-hydrogen) atoms. The molecule has 8 nitrogen and oxygen atoms in total. The number of fused-ring (bicyclic) bond motifs is 2. The molecule has 2 N–H and O–H groups in total. The van der Waals surface area contributed by atoms with Gasteiger partial charge in [0.1, 0.15) is 0 Å². The number of nitrogens with zero attached hydrogens (tertiary/aromatic N) is 3. The first-order valence-electron chi connectivity index (χ1n) is 12.4. The lowest BCUT2D eigenvalue weighted by molar-refractivity contribution is 0.0232. The molecule has 1 aromatic heterocycles. The maximum absolute atomic E-state index is 13.5. The number of carbonyl (C=O) groups excluding carboxylic acids is 2. The van der Waals surface area contributed by atoms with Crippen LogP contribution >= 0.6 is 0 Å². The van der Waals surface area contributed by atoms with Crippen LogP contribution in [0, 0.1) is 13.8 Å². The number of ether oxygens (including phenoxy) is 1. The zero-order chi connectivity index (χ0) is 26.7. The van der Waals surface area contributed by atoms with Crippen LogP contribution in [0.15, 0.2) is 54.6 Å². The summed E-state index contributed by atoms with van der Waals surface area (Å²) in [5, 5.41) is 11.6. The molecule has 2 amide bonds. The van der Waals surface area contributed by atoms with Gasteiger partial charge in [0.05, 0.1) is 28.9 Å². The highest BCUT2D eigenvalue weighted by Crippen LogP contribution is 2.36. The van der Waals surface area contributed by atoms with Crippen molar-refractivity contribution in [2.24, 2.45) is 0 Å². The largest absolute Gasteiger partial charge is 0.450 e. The SMILES string of the molecule is CCOC(=O)Nc1cc(C)cc(Nc2c3cccc(C)c3nc3c(C(=O)N(CC)N(C)C)cccc23)c1. The van der Waals surface area contributed by atoms with Gasteiger partial charge in [0.2, 0.25) is 0 Å². The van der Waals surface area contributed by atoms with Crippen molar-refractivity contribution in [3.63, 3.8) is 0 Å². The minimum Gasteiger partial charge on any atom is -0.450 e. The summed E-state index contributed by atoms with van der Waals surface area (Å²) >= 11 is 0. The van der Waals surface area contributed by atoms with E-state index in [0.717, 1.165) is 38.8 Å². The zero-order valence-electron chi connectivity index (χ0n) is 22.2. The normalized spacial score (nSPS) is 11.1. The van der Waals surface area contributed by atoms with Crippen LogP contribution in [0.2, 0.25) is 0 Å². The van der Waals surface area contributed by atoms with Gasteiger partial charge in [-0.3, -0.25) is 15.1 Å². The Balaban J connectivity index is 1.90. The van der Waals surface area contributed by atoms with E-state index in [4.69, 9.17) is 9.72 Å². The molecule has 8 heteroatoms. The van der Waals surface area contributed by atoms with Gasteiger partial charge in [0.15, 0.2) is 0 Å². The van der Waals surface area contributed by atoms with Crippen molar-refractivity contribution in [1.29, 1.82) is 0 Å². The number of carbonyl (C=O) groups is 2. The maximum Gasteiger partial charge on any atom is 0.411 e. The molecule has 0 aliphatic rings. The second-order valence-electron chi connectivity index (χ2n) is 9.09. The van der Waals surface area contributed by atoms with Crippen LogP contribution in [0.3, 0.4) is 0 Å². The summed E-state index contributed by atoms with van der Waals surface area (Å²) in [5.74, 6) is -0.110. The Morgan fingerprint density at radius 3 is 2.27 bits per heavy atom. The molecule has 0 bridgehead atoms. The second-order valence-corrected chi connectivity index (χ2v) is 9.09. The molecule has 192 valence electrons. The Kier molecular flexibility index (Phi) is 7.59. The third-order valence-electron chi connectivity index (χ3n) is 6.15. The summed E-state index contributed by atoms with van der Waals surface area (Å²) in [5.41, 5.74) is 6.24. The fourth-order valence-electron chi connectivity index (χ4n) is 4.54. The third kappa shape index (κ3) is 5.34. The van der Waals surface area contributed by atoms with Crippen LogP contribution in [-0.2, 0) is 4.74 Å². The highest BCUT2D eigenvalue weighted by atomic mass is 16.5. The molecule has 4 aromatic rings. The Morgan fingerprint density at radius 1 is 0.919 bits per heavy atom. The topological polar surface area (TPSA) is 86.8 Å². The number of hydrazine groups is 1. The molecule has 0 saturated heterocycles. The van der Waals surface area contributed by atoms with Gasteiger partial charge in [-0.1, -0.05) is 30.3 Å². The van der Waals surface area contributed by atoms with E-state index in [0.29, 0.717) is 29.9 Å². The first-order valence-corrected chi connectivity index (χ1v) is 12.4. The monoisotopic (exact) mass is 499 g/mol. The first kappa shape index (κ1) is 25.9. The predicted octanol–water partition coefficient (Wildman–Crippen LogP) is 6.26. The number of hydrogen-bond donors (Lipinski definition) is 2. The Labute approximate surface area is 217 Å². The molecular formula is C29H33N5O3. The third-order valence-corrected chi connectivity index (χ3v) is 6.15. The maximum atomic E-state index is 13.5. The van der Waals surface area contributed by atoms with E-state index in [9.17, 15) is 9.59 Å². The first-order chi connectivity index (χ1) is 17.7. The molecule has 0 atom stereocenters. The number of anilines is 3.